The molecule has 0 aliphatic carbocycles. The molecule has 0 saturated heterocycles. The van der Waals surface area contributed by atoms with Gasteiger partial charge in [0.2, 0.25) is 5.91 Å². The van der Waals surface area contributed by atoms with Crippen molar-refractivity contribution in [1.29, 1.82) is 0 Å². The molecule has 0 radical (unpaired) electrons. The molecule has 0 heterocycles. The summed E-state index contributed by atoms with van der Waals surface area (Å²) in [7, 11) is 0. The molecule has 8 heteroatoms. The smallest absolute Gasteiger partial charge is 0.404 e. The molecule has 33 heavy (non-hydrogen) atoms. The first-order valence-electron chi connectivity index (χ1n) is 11.2. The molecular weight excluding hydrogens is 422 g/mol. The Hall–Kier alpha value is -3.55. The van der Waals surface area contributed by atoms with Gasteiger partial charge in [-0.05, 0) is 49.1 Å². The molecule has 0 spiro atoms. The molecule has 1 atom stereocenters. The summed E-state index contributed by atoms with van der Waals surface area (Å²) in [5.74, 6) is 0.0161. The molecule has 2 aromatic rings. The van der Waals surface area contributed by atoms with Crippen LogP contribution in [0.4, 0.5) is 9.59 Å². The maximum atomic E-state index is 12.5. The first-order valence-corrected chi connectivity index (χ1v) is 11.2. The van der Waals surface area contributed by atoms with Crippen LogP contribution in [0, 0.1) is 5.92 Å². The van der Waals surface area contributed by atoms with Gasteiger partial charge in [-0.15, -0.1) is 0 Å². The van der Waals surface area contributed by atoms with E-state index < -0.39 is 18.2 Å². The molecule has 0 bridgehead atoms. The average molecular weight is 456 g/mol. The molecule has 3 amide bonds. The van der Waals surface area contributed by atoms with E-state index in [1.807, 2.05) is 36.4 Å². The van der Waals surface area contributed by atoms with Gasteiger partial charge in [0.15, 0.2) is 0 Å². The Morgan fingerprint density at radius 2 is 1.27 bits per heavy atom. The van der Waals surface area contributed by atoms with Crippen LogP contribution < -0.4 is 16.0 Å². The van der Waals surface area contributed by atoms with Crippen molar-refractivity contribution in [3.63, 3.8) is 0 Å². The number of amides is 3. The van der Waals surface area contributed by atoms with Gasteiger partial charge in [-0.1, -0.05) is 60.7 Å². The average Bonchev–Trinajstić information content (AvgIpc) is 2.79. The molecule has 5 N–H and O–H groups in total. The number of carbonyl (C=O) groups is 3. The number of carboxylic acid groups (broad SMARTS) is 2. The van der Waals surface area contributed by atoms with Crippen molar-refractivity contribution in [1.82, 2.24) is 16.0 Å². The summed E-state index contributed by atoms with van der Waals surface area (Å²) in [4.78, 5) is 34.1. The first-order chi connectivity index (χ1) is 15.9. The van der Waals surface area contributed by atoms with Gasteiger partial charge in [0.25, 0.3) is 0 Å². The summed E-state index contributed by atoms with van der Waals surface area (Å²) in [6.45, 7) is 0.565. The van der Waals surface area contributed by atoms with E-state index in [1.165, 1.54) is 11.1 Å². The zero-order valence-electron chi connectivity index (χ0n) is 18.7. The van der Waals surface area contributed by atoms with Crippen LogP contribution in [0.15, 0.2) is 60.7 Å². The minimum Gasteiger partial charge on any atom is -0.465 e. The number of aryl methyl sites for hydroxylation is 2. The van der Waals surface area contributed by atoms with Gasteiger partial charge in [0, 0.05) is 25.6 Å². The van der Waals surface area contributed by atoms with Crippen molar-refractivity contribution in [2.45, 2.75) is 44.6 Å². The van der Waals surface area contributed by atoms with E-state index in [2.05, 4.69) is 40.2 Å². The normalized spacial score (nSPS) is 11.5. The molecule has 0 aliphatic rings. The van der Waals surface area contributed by atoms with Gasteiger partial charge < -0.3 is 26.2 Å². The lowest BCUT2D eigenvalue weighted by Gasteiger charge is -2.20. The maximum absolute atomic E-state index is 12.5. The molecular formula is C25H33N3O5. The van der Waals surface area contributed by atoms with Crippen molar-refractivity contribution >= 4 is 18.1 Å². The summed E-state index contributed by atoms with van der Waals surface area (Å²) in [6.07, 6.45) is 1.41. The van der Waals surface area contributed by atoms with Gasteiger partial charge >= 0.3 is 12.2 Å². The minimum atomic E-state index is -1.24. The number of hydrogen-bond acceptors (Lipinski definition) is 3. The second kappa shape index (κ2) is 14.5. The molecule has 0 aromatic heterocycles. The van der Waals surface area contributed by atoms with Crippen molar-refractivity contribution in [2.75, 3.05) is 13.1 Å². The van der Waals surface area contributed by atoms with E-state index in [0.717, 1.165) is 25.7 Å². The molecule has 178 valence electrons. The standard InChI is InChI=1S/C25H33N3O5/c29-23(17-22(28-25(32)33)15-16-26-24(30)31)27-18-21(13-11-19-7-3-1-4-8-19)14-12-20-9-5-2-6-10-20/h1-10,21-22,26,28H,11-18H2,(H,27,29)(H,30,31)(H,32,33)/t22-/m0/s1. The number of rotatable bonds is 14. The highest BCUT2D eigenvalue weighted by molar-refractivity contribution is 5.77. The Morgan fingerprint density at radius 3 is 1.76 bits per heavy atom. The number of nitrogens with one attached hydrogen (secondary N) is 3. The summed E-state index contributed by atoms with van der Waals surface area (Å²) < 4.78 is 0. The van der Waals surface area contributed by atoms with Crippen LogP contribution in [0.5, 0.6) is 0 Å². The number of benzene rings is 2. The quantitative estimate of drug-likeness (QED) is 0.297. The second-order valence-corrected chi connectivity index (χ2v) is 8.09. The summed E-state index contributed by atoms with van der Waals surface area (Å²) in [6, 6.07) is 19.8. The van der Waals surface area contributed by atoms with Crippen LogP contribution in [0.25, 0.3) is 0 Å². The lowest BCUT2D eigenvalue weighted by atomic mass is 9.93. The van der Waals surface area contributed by atoms with Gasteiger partial charge in [0.1, 0.15) is 0 Å². The summed E-state index contributed by atoms with van der Waals surface area (Å²) in [5, 5.41) is 25.1. The predicted molar refractivity (Wildman–Crippen MR) is 126 cm³/mol. The van der Waals surface area contributed by atoms with E-state index in [1.54, 1.807) is 0 Å². The number of hydrogen-bond donors (Lipinski definition) is 5. The monoisotopic (exact) mass is 455 g/mol. The van der Waals surface area contributed by atoms with Gasteiger partial charge in [-0.3, -0.25) is 4.79 Å². The Kier molecular flexibility index (Phi) is 11.3. The number of carbonyl (C=O) groups excluding carboxylic acids is 1. The van der Waals surface area contributed by atoms with Crippen LogP contribution in [0.3, 0.4) is 0 Å². The Balaban J connectivity index is 1.88. The lowest BCUT2D eigenvalue weighted by molar-refractivity contribution is -0.121. The zero-order chi connectivity index (χ0) is 23.9. The Labute approximate surface area is 194 Å². The van der Waals surface area contributed by atoms with Crippen molar-refractivity contribution in [3.8, 4) is 0 Å². The van der Waals surface area contributed by atoms with Gasteiger partial charge in [0.05, 0.1) is 0 Å². The predicted octanol–water partition coefficient (Wildman–Crippen LogP) is 3.67. The van der Waals surface area contributed by atoms with E-state index >= 15 is 0 Å². The molecule has 0 unspecified atom stereocenters. The molecule has 0 fully saturated rings. The Morgan fingerprint density at radius 1 is 0.727 bits per heavy atom. The van der Waals surface area contributed by atoms with E-state index in [4.69, 9.17) is 10.2 Å². The third kappa shape index (κ3) is 11.6. The molecule has 0 aliphatic heterocycles. The van der Waals surface area contributed by atoms with Crippen LogP contribution in [0.1, 0.15) is 36.8 Å². The highest BCUT2D eigenvalue weighted by Gasteiger charge is 2.18. The van der Waals surface area contributed by atoms with Crippen molar-refractivity contribution in [2.24, 2.45) is 5.92 Å². The third-order valence-electron chi connectivity index (χ3n) is 5.48. The van der Waals surface area contributed by atoms with E-state index in [9.17, 15) is 14.4 Å². The highest BCUT2D eigenvalue weighted by Crippen LogP contribution is 2.16. The largest absolute Gasteiger partial charge is 0.465 e. The maximum Gasteiger partial charge on any atom is 0.404 e. The third-order valence-corrected chi connectivity index (χ3v) is 5.48. The minimum absolute atomic E-state index is 0.0440. The van der Waals surface area contributed by atoms with Gasteiger partial charge in [-0.25, -0.2) is 9.59 Å². The first kappa shape index (κ1) is 25.7. The second-order valence-electron chi connectivity index (χ2n) is 8.09. The van der Waals surface area contributed by atoms with Crippen LogP contribution in [-0.4, -0.2) is 47.4 Å². The molecule has 8 nitrogen and oxygen atoms in total. The Bertz CT molecular complexity index is 817. The lowest BCUT2D eigenvalue weighted by Crippen LogP contribution is -2.41. The molecule has 0 saturated carbocycles. The summed E-state index contributed by atoms with van der Waals surface area (Å²) >= 11 is 0. The van der Waals surface area contributed by atoms with Crippen molar-refractivity contribution < 1.29 is 24.6 Å². The highest BCUT2D eigenvalue weighted by atomic mass is 16.4. The molecule has 2 rings (SSSR count). The fourth-order valence-electron chi connectivity index (χ4n) is 3.69. The van der Waals surface area contributed by atoms with Crippen LogP contribution >= 0.6 is 0 Å². The van der Waals surface area contributed by atoms with Crippen LogP contribution in [0.2, 0.25) is 0 Å². The fourth-order valence-corrected chi connectivity index (χ4v) is 3.69. The van der Waals surface area contributed by atoms with Gasteiger partial charge in [-0.2, -0.15) is 0 Å². The van der Waals surface area contributed by atoms with E-state index in [-0.39, 0.29) is 31.2 Å². The van der Waals surface area contributed by atoms with Crippen LogP contribution in [-0.2, 0) is 17.6 Å². The molecule has 2 aromatic carbocycles. The zero-order valence-corrected chi connectivity index (χ0v) is 18.7. The summed E-state index contributed by atoms with van der Waals surface area (Å²) in [5.41, 5.74) is 2.51. The fraction of sp³-hybridized carbons (Fsp3) is 0.400. The topological polar surface area (TPSA) is 128 Å². The van der Waals surface area contributed by atoms with E-state index in [0.29, 0.717) is 6.54 Å². The SMILES string of the molecule is O=C(O)NCC[C@@H](CC(=O)NCC(CCc1ccccc1)CCc1ccccc1)NC(=O)O. The van der Waals surface area contributed by atoms with Crippen molar-refractivity contribution in [3.05, 3.63) is 71.8 Å².